The van der Waals surface area contributed by atoms with Gasteiger partial charge in [0.1, 0.15) is 21.8 Å². The molecule has 1 N–H and O–H groups in total. The third-order valence-corrected chi connectivity index (χ3v) is 2.91. The van der Waals surface area contributed by atoms with Crippen LogP contribution in [0.15, 0.2) is 16.7 Å². The lowest BCUT2D eigenvalue weighted by Gasteiger charge is -2.06. The third kappa shape index (κ3) is 2.06. The maximum atomic E-state index is 11.6. The summed E-state index contributed by atoms with van der Waals surface area (Å²) in [6.07, 6.45) is 1.58. The van der Waals surface area contributed by atoms with Crippen LogP contribution in [0, 0.1) is 18.5 Å². The number of carbonyl (C=O) groups is 1. The number of rotatable bonds is 2. The number of hydrogen-bond donors (Lipinski definition) is 1. The first-order chi connectivity index (χ1) is 8.54. The number of methoxy groups -OCH3 is 1. The Bertz CT molecular complexity index is 658. The highest BCUT2D eigenvalue weighted by atomic mass is 32.1. The number of esters is 1. The average Bonchev–Trinajstić information content (AvgIpc) is 2.74. The maximum Gasteiger partial charge on any atom is 0.342 e. The van der Waals surface area contributed by atoms with Crippen LogP contribution < -0.4 is 0 Å². The average molecular weight is 264 g/mol. The molecule has 0 aliphatic heterocycles. The number of aromatic nitrogens is 2. The largest absolute Gasteiger partial charge is 0.469 e. The van der Waals surface area contributed by atoms with Crippen molar-refractivity contribution in [3.8, 4) is 11.4 Å². The zero-order valence-electron chi connectivity index (χ0n) is 10.2. The summed E-state index contributed by atoms with van der Waals surface area (Å²) in [5, 5.41) is 0. The number of aryl methyl sites for hydroxylation is 2. The van der Waals surface area contributed by atoms with Gasteiger partial charge in [-0.1, -0.05) is 12.2 Å². The van der Waals surface area contributed by atoms with Crippen molar-refractivity contribution in [2.24, 2.45) is 0 Å². The predicted octanol–water partition coefficient (Wildman–Crippen LogP) is 2.80. The van der Waals surface area contributed by atoms with Gasteiger partial charge in [-0.2, -0.15) is 0 Å². The molecule has 6 heteroatoms. The second-order valence-electron chi connectivity index (χ2n) is 3.77. The van der Waals surface area contributed by atoms with E-state index in [0.717, 1.165) is 11.3 Å². The van der Waals surface area contributed by atoms with E-state index in [1.54, 1.807) is 19.3 Å². The molecule has 5 nitrogen and oxygen atoms in total. The number of nitrogens with one attached hydrogen (secondary N) is 1. The molecule has 2 rings (SSSR count). The van der Waals surface area contributed by atoms with Gasteiger partial charge in [0.05, 0.1) is 18.9 Å². The first-order valence-electron chi connectivity index (χ1n) is 5.28. The molecule has 0 aliphatic carbocycles. The van der Waals surface area contributed by atoms with Crippen LogP contribution in [0.5, 0.6) is 0 Å². The van der Waals surface area contributed by atoms with Gasteiger partial charge < -0.3 is 14.1 Å². The van der Waals surface area contributed by atoms with Gasteiger partial charge in [0.15, 0.2) is 0 Å². The van der Waals surface area contributed by atoms with E-state index >= 15 is 0 Å². The number of furan rings is 1. The summed E-state index contributed by atoms with van der Waals surface area (Å²) in [6.45, 7) is 3.58. The first kappa shape index (κ1) is 12.5. The van der Waals surface area contributed by atoms with Crippen LogP contribution in [0.1, 0.15) is 21.8 Å². The van der Waals surface area contributed by atoms with Gasteiger partial charge in [0.25, 0.3) is 0 Å². The molecule has 0 aromatic carbocycles. The summed E-state index contributed by atoms with van der Waals surface area (Å²) in [5.41, 5.74) is 1.73. The lowest BCUT2D eigenvalue weighted by Crippen LogP contribution is -2.08. The highest BCUT2D eigenvalue weighted by Crippen LogP contribution is 2.22. The Hall–Kier alpha value is -1.95. The van der Waals surface area contributed by atoms with Crippen molar-refractivity contribution in [2.45, 2.75) is 13.8 Å². The van der Waals surface area contributed by atoms with Crippen LogP contribution in [0.25, 0.3) is 11.4 Å². The summed E-state index contributed by atoms with van der Waals surface area (Å²) in [7, 11) is 1.31. The molecule has 0 fully saturated rings. The number of hydrogen-bond acceptors (Lipinski definition) is 5. The Morgan fingerprint density at radius 2 is 2.22 bits per heavy atom. The van der Waals surface area contributed by atoms with Crippen LogP contribution in [0.4, 0.5) is 0 Å². The second kappa shape index (κ2) is 4.73. The van der Waals surface area contributed by atoms with E-state index in [0.29, 0.717) is 11.5 Å². The molecule has 0 saturated carbocycles. The first-order valence-corrected chi connectivity index (χ1v) is 5.69. The molecule has 0 saturated heterocycles. The normalized spacial score (nSPS) is 10.4. The summed E-state index contributed by atoms with van der Waals surface area (Å²) in [4.78, 5) is 18.8. The Morgan fingerprint density at radius 3 is 2.72 bits per heavy atom. The topological polar surface area (TPSA) is 68.1 Å². The zero-order chi connectivity index (χ0) is 13.3. The van der Waals surface area contributed by atoms with Crippen LogP contribution in [0.2, 0.25) is 0 Å². The van der Waals surface area contributed by atoms with Crippen molar-refractivity contribution in [2.75, 3.05) is 7.11 Å². The lowest BCUT2D eigenvalue weighted by atomic mass is 10.2. The van der Waals surface area contributed by atoms with Crippen molar-refractivity contribution in [3.05, 3.63) is 34.0 Å². The van der Waals surface area contributed by atoms with Crippen molar-refractivity contribution in [1.29, 1.82) is 0 Å². The van der Waals surface area contributed by atoms with Gasteiger partial charge in [-0.15, -0.1) is 0 Å². The van der Waals surface area contributed by atoms with Crippen LogP contribution in [0.3, 0.4) is 0 Å². The van der Waals surface area contributed by atoms with E-state index in [4.69, 9.17) is 16.6 Å². The molecule has 94 valence electrons. The summed E-state index contributed by atoms with van der Waals surface area (Å²) < 4.78 is 10.1. The molecular weight excluding hydrogens is 252 g/mol. The highest BCUT2D eigenvalue weighted by Gasteiger charge is 2.16. The summed E-state index contributed by atoms with van der Waals surface area (Å²) in [5.74, 6) is 0.825. The van der Waals surface area contributed by atoms with Crippen LogP contribution in [-0.4, -0.2) is 23.0 Å². The fraction of sp³-hybridized carbons (Fsp3) is 0.250. The molecule has 2 aromatic rings. The van der Waals surface area contributed by atoms with E-state index in [1.807, 2.05) is 6.92 Å². The molecular formula is C12H12N2O3S. The van der Waals surface area contributed by atoms with Gasteiger partial charge >= 0.3 is 5.97 Å². The van der Waals surface area contributed by atoms with Crippen LogP contribution in [-0.2, 0) is 4.74 Å². The quantitative estimate of drug-likeness (QED) is 0.667. The predicted molar refractivity (Wildman–Crippen MR) is 67.9 cm³/mol. The summed E-state index contributed by atoms with van der Waals surface area (Å²) >= 11 is 5.12. The molecule has 0 bridgehead atoms. The molecule has 0 unspecified atom stereocenters. The molecule has 18 heavy (non-hydrogen) atoms. The van der Waals surface area contributed by atoms with E-state index in [-0.39, 0.29) is 10.2 Å². The summed E-state index contributed by atoms with van der Waals surface area (Å²) in [6, 6.07) is 1.79. The highest BCUT2D eigenvalue weighted by molar-refractivity contribution is 7.71. The fourth-order valence-corrected chi connectivity index (χ4v) is 2.01. The lowest BCUT2D eigenvalue weighted by molar-refractivity contribution is 0.0598. The minimum absolute atomic E-state index is 0.216. The molecule has 0 radical (unpaired) electrons. The number of carbonyl (C=O) groups excluding carboxylic acids is 1. The molecule has 2 aromatic heterocycles. The van der Waals surface area contributed by atoms with Gasteiger partial charge in [-0.05, 0) is 19.9 Å². The Labute approximate surface area is 109 Å². The Balaban J connectivity index is 2.60. The van der Waals surface area contributed by atoms with Crippen molar-refractivity contribution >= 4 is 18.2 Å². The zero-order valence-corrected chi connectivity index (χ0v) is 11.1. The Kier molecular flexibility index (Phi) is 3.29. The number of H-pyrrole nitrogens is 1. The van der Waals surface area contributed by atoms with E-state index in [9.17, 15) is 4.79 Å². The monoisotopic (exact) mass is 264 g/mol. The fourth-order valence-electron chi connectivity index (χ4n) is 1.69. The van der Waals surface area contributed by atoms with Crippen molar-refractivity contribution in [3.63, 3.8) is 0 Å². The number of nitrogens with zero attached hydrogens (tertiary/aromatic N) is 1. The maximum absolute atomic E-state index is 11.6. The smallest absolute Gasteiger partial charge is 0.342 e. The molecule has 0 aliphatic rings. The van der Waals surface area contributed by atoms with Gasteiger partial charge in [0.2, 0.25) is 0 Å². The number of aromatic amines is 1. The standard InChI is InChI=1S/C12H12N2O3S/c1-6-9(12(15)16-3)11(18)14-10(13-6)8-4-5-17-7(8)2/h4-5H,1-3H3,(H,13,14,18). The Morgan fingerprint density at radius 1 is 1.50 bits per heavy atom. The van der Waals surface area contributed by atoms with Gasteiger partial charge in [0, 0.05) is 5.69 Å². The molecule has 0 spiro atoms. The molecule has 2 heterocycles. The van der Waals surface area contributed by atoms with Gasteiger partial charge in [-0.25, -0.2) is 9.78 Å². The molecule has 0 atom stereocenters. The number of ether oxygens (including phenoxy) is 1. The minimum Gasteiger partial charge on any atom is -0.469 e. The SMILES string of the molecule is COC(=O)c1c(C)[nH]c(-c2ccoc2C)nc1=S. The molecule has 0 amide bonds. The minimum atomic E-state index is -0.489. The van der Waals surface area contributed by atoms with Gasteiger partial charge in [-0.3, -0.25) is 0 Å². The van der Waals surface area contributed by atoms with Crippen LogP contribution >= 0.6 is 12.2 Å². The van der Waals surface area contributed by atoms with E-state index in [1.165, 1.54) is 7.11 Å². The van der Waals surface area contributed by atoms with E-state index in [2.05, 4.69) is 14.7 Å². The van der Waals surface area contributed by atoms with E-state index < -0.39 is 5.97 Å². The second-order valence-corrected chi connectivity index (χ2v) is 4.16. The third-order valence-electron chi connectivity index (χ3n) is 2.61. The van der Waals surface area contributed by atoms with Crippen molar-refractivity contribution in [1.82, 2.24) is 9.97 Å². The van der Waals surface area contributed by atoms with Crippen molar-refractivity contribution < 1.29 is 13.9 Å².